The topological polar surface area (TPSA) is 112 Å². The molecule has 1 amide bonds. The van der Waals surface area contributed by atoms with E-state index in [-0.39, 0.29) is 24.0 Å². The number of hydrogen-bond donors (Lipinski definition) is 1. The van der Waals surface area contributed by atoms with Crippen molar-refractivity contribution in [1.82, 2.24) is 35.7 Å². The van der Waals surface area contributed by atoms with Crippen molar-refractivity contribution in [3.8, 4) is 22.8 Å². The van der Waals surface area contributed by atoms with Gasteiger partial charge in [0.2, 0.25) is 23.4 Å². The summed E-state index contributed by atoms with van der Waals surface area (Å²) < 4.78 is 18.3. The number of carbonyl (C=O) groups is 1. The van der Waals surface area contributed by atoms with Crippen molar-refractivity contribution in [3.63, 3.8) is 0 Å². The van der Waals surface area contributed by atoms with Crippen LogP contribution in [0.5, 0.6) is 0 Å². The number of hydrogen-bond acceptors (Lipinski definition) is 7. The molecule has 0 saturated heterocycles. The Kier molecular flexibility index (Phi) is 6.06. The normalized spacial score (nSPS) is 11.9. The van der Waals surface area contributed by atoms with E-state index >= 15 is 0 Å². The molecule has 4 rings (SSSR count). The summed E-state index contributed by atoms with van der Waals surface area (Å²) in [5.74, 6) is 0.663. The van der Waals surface area contributed by atoms with Gasteiger partial charge in [0, 0.05) is 17.5 Å². The van der Waals surface area contributed by atoms with Crippen molar-refractivity contribution in [3.05, 3.63) is 66.3 Å². The first-order valence-electron chi connectivity index (χ1n) is 9.80. The average Bonchev–Trinajstić information content (AvgIpc) is 3.45. The Balaban J connectivity index is 1.25. The number of amides is 1. The van der Waals surface area contributed by atoms with Crippen LogP contribution in [0, 0.1) is 5.82 Å². The molecule has 0 saturated carbocycles. The monoisotopic (exact) mass is 421 g/mol. The number of rotatable bonds is 8. The number of benzene rings is 2. The zero-order chi connectivity index (χ0) is 21.6. The molecular weight excluding hydrogens is 401 g/mol. The van der Waals surface area contributed by atoms with Crippen molar-refractivity contribution in [2.24, 2.45) is 0 Å². The number of tetrazole rings is 1. The number of halogens is 1. The molecule has 0 fully saturated rings. The molecule has 0 aliphatic carbocycles. The van der Waals surface area contributed by atoms with E-state index in [1.165, 1.54) is 16.9 Å². The lowest BCUT2D eigenvalue weighted by Crippen LogP contribution is -2.26. The highest BCUT2D eigenvalue weighted by Crippen LogP contribution is 2.19. The van der Waals surface area contributed by atoms with Gasteiger partial charge in [0.05, 0.1) is 6.54 Å². The lowest BCUT2D eigenvalue weighted by molar-refractivity contribution is -0.122. The van der Waals surface area contributed by atoms with Crippen molar-refractivity contribution in [1.29, 1.82) is 0 Å². The molecule has 0 spiro atoms. The number of nitrogens with zero attached hydrogens (tertiary/aromatic N) is 6. The first-order chi connectivity index (χ1) is 15.1. The maximum absolute atomic E-state index is 13.0. The highest BCUT2D eigenvalue weighted by Gasteiger charge is 2.17. The van der Waals surface area contributed by atoms with Gasteiger partial charge in [0.1, 0.15) is 11.9 Å². The van der Waals surface area contributed by atoms with Crippen LogP contribution >= 0.6 is 0 Å². The minimum Gasteiger partial charge on any atom is -0.345 e. The Hall–Kier alpha value is -3.95. The van der Waals surface area contributed by atoms with E-state index in [0.717, 1.165) is 5.56 Å². The molecule has 0 aliphatic rings. The third kappa shape index (κ3) is 5.16. The molecule has 10 heteroatoms. The van der Waals surface area contributed by atoms with Crippen LogP contribution in [0.25, 0.3) is 22.8 Å². The zero-order valence-electron chi connectivity index (χ0n) is 16.8. The molecule has 1 unspecified atom stereocenters. The van der Waals surface area contributed by atoms with Gasteiger partial charge in [0.15, 0.2) is 0 Å². The summed E-state index contributed by atoms with van der Waals surface area (Å²) in [6.07, 6.45) is 0.833. The van der Waals surface area contributed by atoms with Gasteiger partial charge in [0.25, 0.3) is 0 Å². The standard InChI is InChI=1S/C21H20FN7O2/c1-14(21-24-19(27-31-21)16-9-11-17(22)12-10-16)23-18(30)8-5-13-29-26-20(25-28-29)15-6-3-2-4-7-15/h2-4,6-7,9-12,14H,5,8,13H2,1H3,(H,23,30). The Labute approximate surface area is 177 Å². The molecule has 158 valence electrons. The van der Waals surface area contributed by atoms with Gasteiger partial charge < -0.3 is 9.84 Å². The maximum Gasteiger partial charge on any atom is 0.249 e. The maximum atomic E-state index is 13.0. The number of aryl methyl sites for hydroxylation is 1. The van der Waals surface area contributed by atoms with Crippen LogP contribution in [-0.4, -0.2) is 36.3 Å². The fraction of sp³-hybridized carbons (Fsp3) is 0.238. The van der Waals surface area contributed by atoms with Crippen molar-refractivity contribution in [2.75, 3.05) is 0 Å². The third-order valence-electron chi connectivity index (χ3n) is 4.54. The summed E-state index contributed by atoms with van der Waals surface area (Å²) in [5, 5.41) is 19.1. The first kappa shape index (κ1) is 20.3. The van der Waals surface area contributed by atoms with E-state index in [1.54, 1.807) is 19.1 Å². The Morgan fingerprint density at radius 1 is 1.10 bits per heavy atom. The lowest BCUT2D eigenvalue weighted by atomic mass is 10.2. The molecule has 1 atom stereocenters. The Morgan fingerprint density at radius 2 is 1.84 bits per heavy atom. The van der Waals surface area contributed by atoms with E-state index in [4.69, 9.17) is 4.52 Å². The van der Waals surface area contributed by atoms with Gasteiger partial charge in [-0.05, 0) is 42.8 Å². The van der Waals surface area contributed by atoms with Crippen LogP contribution in [0.2, 0.25) is 0 Å². The molecular formula is C21H20FN7O2. The molecule has 0 bridgehead atoms. The quantitative estimate of drug-likeness (QED) is 0.465. The zero-order valence-corrected chi connectivity index (χ0v) is 16.8. The van der Waals surface area contributed by atoms with E-state index < -0.39 is 6.04 Å². The minimum atomic E-state index is -0.455. The number of aromatic nitrogens is 6. The molecule has 2 aromatic carbocycles. The van der Waals surface area contributed by atoms with Gasteiger partial charge in [-0.15, -0.1) is 10.2 Å². The Morgan fingerprint density at radius 3 is 2.61 bits per heavy atom. The summed E-state index contributed by atoms with van der Waals surface area (Å²) in [6.45, 7) is 2.22. The number of nitrogens with one attached hydrogen (secondary N) is 1. The van der Waals surface area contributed by atoms with Crippen molar-refractivity contribution >= 4 is 5.91 Å². The van der Waals surface area contributed by atoms with Gasteiger partial charge in [-0.25, -0.2) is 4.39 Å². The van der Waals surface area contributed by atoms with E-state index in [2.05, 4.69) is 30.9 Å². The van der Waals surface area contributed by atoms with Crippen LogP contribution in [0.4, 0.5) is 4.39 Å². The lowest BCUT2D eigenvalue weighted by Gasteiger charge is -2.09. The Bertz CT molecular complexity index is 1140. The average molecular weight is 421 g/mol. The largest absolute Gasteiger partial charge is 0.345 e. The van der Waals surface area contributed by atoms with Crippen molar-refractivity contribution in [2.45, 2.75) is 32.4 Å². The van der Waals surface area contributed by atoms with Gasteiger partial charge in [-0.3, -0.25) is 4.79 Å². The second-order valence-electron chi connectivity index (χ2n) is 6.93. The SMILES string of the molecule is CC(NC(=O)CCCn1nnc(-c2ccccc2)n1)c1nc(-c2ccc(F)cc2)no1. The molecule has 0 radical (unpaired) electrons. The van der Waals surface area contributed by atoms with Crippen LogP contribution in [0.3, 0.4) is 0 Å². The van der Waals surface area contributed by atoms with Crippen LogP contribution < -0.4 is 5.32 Å². The molecule has 4 aromatic rings. The fourth-order valence-corrected chi connectivity index (χ4v) is 2.92. The van der Waals surface area contributed by atoms with Crippen molar-refractivity contribution < 1.29 is 13.7 Å². The first-order valence-corrected chi connectivity index (χ1v) is 9.80. The highest BCUT2D eigenvalue weighted by molar-refractivity contribution is 5.76. The molecule has 31 heavy (non-hydrogen) atoms. The number of carbonyl (C=O) groups excluding carboxylic acids is 1. The fourth-order valence-electron chi connectivity index (χ4n) is 2.92. The highest BCUT2D eigenvalue weighted by atomic mass is 19.1. The summed E-state index contributed by atoms with van der Waals surface area (Å²) >= 11 is 0. The molecule has 2 heterocycles. The van der Waals surface area contributed by atoms with Crippen LogP contribution in [0.1, 0.15) is 31.7 Å². The molecule has 9 nitrogen and oxygen atoms in total. The van der Waals surface area contributed by atoms with Crippen LogP contribution in [0.15, 0.2) is 59.1 Å². The van der Waals surface area contributed by atoms with E-state index in [9.17, 15) is 9.18 Å². The minimum absolute atomic E-state index is 0.155. The molecule has 1 N–H and O–H groups in total. The smallest absolute Gasteiger partial charge is 0.249 e. The second-order valence-corrected chi connectivity index (χ2v) is 6.93. The molecule has 2 aromatic heterocycles. The second kappa shape index (κ2) is 9.24. The summed E-state index contributed by atoms with van der Waals surface area (Å²) in [4.78, 5) is 18.0. The van der Waals surface area contributed by atoms with E-state index in [1.807, 2.05) is 30.3 Å². The van der Waals surface area contributed by atoms with Gasteiger partial charge in [-0.1, -0.05) is 35.5 Å². The van der Waals surface area contributed by atoms with Crippen LogP contribution in [-0.2, 0) is 11.3 Å². The third-order valence-corrected chi connectivity index (χ3v) is 4.54. The van der Waals surface area contributed by atoms with Gasteiger partial charge in [-0.2, -0.15) is 9.78 Å². The summed E-state index contributed by atoms with van der Waals surface area (Å²) in [7, 11) is 0. The summed E-state index contributed by atoms with van der Waals surface area (Å²) in [5.41, 5.74) is 1.52. The summed E-state index contributed by atoms with van der Waals surface area (Å²) in [6, 6.07) is 14.9. The predicted octanol–water partition coefficient (Wildman–Crippen LogP) is 3.19. The van der Waals surface area contributed by atoms with E-state index in [0.29, 0.717) is 30.2 Å². The van der Waals surface area contributed by atoms with Gasteiger partial charge >= 0.3 is 0 Å². The predicted molar refractivity (Wildman–Crippen MR) is 109 cm³/mol. The molecule has 0 aliphatic heterocycles.